The van der Waals surface area contributed by atoms with E-state index in [1.165, 1.54) is 48.5 Å². The van der Waals surface area contributed by atoms with Crippen molar-refractivity contribution in [2.75, 3.05) is 13.2 Å². The van der Waals surface area contributed by atoms with E-state index in [0.717, 1.165) is 0 Å². The number of carbonyl (C=O) groups excluding carboxylic acids is 2. The van der Waals surface area contributed by atoms with E-state index in [1.807, 2.05) is 0 Å². The van der Waals surface area contributed by atoms with Crippen molar-refractivity contribution in [2.24, 2.45) is 0 Å². The van der Waals surface area contributed by atoms with Gasteiger partial charge in [0.15, 0.2) is 0 Å². The molecule has 0 bridgehead atoms. The highest BCUT2D eigenvalue weighted by Gasteiger charge is 2.50. The average molecular weight is 742 g/mol. The molecule has 2 rings (SSSR count). The smallest absolute Gasteiger partial charge is 0.350 e. The summed E-state index contributed by atoms with van der Waals surface area (Å²) in [6.07, 6.45) is 0. The number of rotatable bonds is 9. The minimum Gasteiger partial charge on any atom is -0.460 e. The maximum Gasteiger partial charge on any atom is 0.350 e. The first-order valence-electron chi connectivity index (χ1n) is 8.45. The van der Waals surface area contributed by atoms with Crippen molar-refractivity contribution in [1.29, 1.82) is 0 Å². The Balaban J connectivity index is 1.99. The lowest BCUT2D eigenvalue weighted by molar-refractivity contribution is -0.150. The Morgan fingerprint density at radius 2 is 0.906 bits per heavy atom. The number of esters is 2. The molecular weight excluding hydrogens is 728 g/mol. The van der Waals surface area contributed by atoms with Gasteiger partial charge in [-0.2, -0.15) is 0 Å². The van der Waals surface area contributed by atoms with Gasteiger partial charge in [0.05, 0.1) is 9.79 Å². The molecule has 0 spiro atoms. The molecular formula is C18H14Br4O8S2. The van der Waals surface area contributed by atoms with Crippen LogP contribution in [0, 0.1) is 0 Å². The Morgan fingerprint density at radius 3 is 1.19 bits per heavy atom. The predicted octanol–water partition coefficient (Wildman–Crippen LogP) is 3.91. The first kappa shape index (κ1) is 27.4. The quantitative estimate of drug-likeness (QED) is 0.216. The van der Waals surface area contributed by atoms with Crippen molar-refractivity contribution in [1.82, 2.24) is 0 Å². The summed E-state index contributed by atoms with van der Waals surface area (Å²) >= 11 is 11.3. The van der Waals surface area contributed by atoms with Gasteiger partial charge >= 0.3 is 11.9 Å². The van der Waals surface area contributed by atoms with Crippen molar-refractivity contribution in [3.63, 3.8) is 0 Å². The van der Waals surface area contributed by atoms with Gasteiger partial charge in [-0.25, -0.2) is 26.4 Å². The molecule has 0 heterocycles. The standard InChI is InChI=1S/C18H14Br4O8S2/c19-17(20,31(25,26)13-7-3-1-4-8-13)15(23)29-11-12-30-16(24)18(21,22)32(27,28)14-9-5-2-6-10-14/h1-10H,11-12H2. The van der Waals surface area contributed by atoms with Gasteiger partial charge < -0.3 is 9.47 Å². The zero-order valence-corrected chi connectivity index (χ0v) is 23.8. The SMILES string of the molecule is O=C(OCCOC(=O)C(Br)(Br)S(=O)(=O)c1ccccc1)C(Br)(Br)S(=O)(=O)c1ccccc1. The third kappa shape index (κ3) is 5.63. The van der Waals surface area contributed by atoms with Gasteiger partial charge in [0, 0.05) is 0 Å². The lowest BCUT2D eigenvalue weighted by Gasteiger charge is -2.21. The largest absolute Gasteiger partial charge is 0.460 e. The van der Waals surface area contributed by atoms with Crippen LogP contribution < -0.4 is 0 Å². The fraction of sp³-hybridized carbons (Fsp3) is 0.222. The zero-order valence-electron chi connectivity index (χ0n) is 15.8. The van der Waals surface area contributed by atoms with Crippen LogP contribution in [-0.4, -0.2) is 47.1 Å². The number of benzene rings is 2. The molecule has 8 nitrogen and oxygen atoms in total. The summed E-state index contributed by atoms with van der Waals surface area (Å²) in [6.45, 7) is -1.06. The zero-order chi connectivity index (χ0) is 24.2. The van der Waals surface area contributed by atoms with Crippen LogP contribution in [0.4, 0.5) is 0 Å². The molecule has 0 fully saturated rings. The van der Waals surface area contributed by atoms with Gasteiger partial charge in [-0.05, 0) is 88.0 Å². The fourth-order valence-corrected chi connectivity index (χ4v) is 7.03. The molecule has 0 aliphatic carbocycles. The Hall–Kier alpha value is -0.800. The van der Waals surface area contributed by atoms with Crippen molar-refractivity contribution in [2.45, 2.75) is 14.9 Å². The maximum absolute atomic E-state index is 12.7. The van der Waals surface area contributed by atoms with Crippen LogP contribution in [0.1, 0.15) is 0 Å². The summed E-state index contributed by atoms with van der Waals surface area (Å²) in [5, 5.41) is 0. The summed E-state index contributed by atoms with van der Waals surface area (Å²) in [4.78, 5) is 24.4. The molecule has 0 amide bonds. The van der Waals surface area contributed by atoms with E-state index >= 15 is 0 Å². The number of carbonyl (C=O) groups is 2. The molecule has 0 saturated heterocycles. The topological polar surface area (TPSA) is 121 Å². The molecule has 0 aliphatic heterocycles. The van der Waals surface area contributed by atoms with Gasteiger partial charge in [-0.3, -0.25) is 0 Å². The summed E-state index contributed by atoms with van der Waals surface area (Å²) in [6, 6.07) is 14.4. The molecule has 32 heavy (non-hydrogen) atoms. The first-order chi connectivity index (χ1) is 14.8. The van der Waals surface area contributed by atoms with E-state index in [0.29, 0.717) is 0 Å². The lowest BCUT2D eigenvalue weighted by atomic mass is 10.4. The van der Waals surface area contributed by atoms with E-state index in [2.05, 4.69) is 63.7 Å². The van der Waals surface area contributed by atoms with Gasteiger partial charge in [0.2, 0.25) is 19.7 Å². The van der Waals surface area contributed by atoms with Crippen LogP contribution in [0.15, 0.2) is 70.5 Å². The molecule has 174 valence electrons. The monoisotopic (exact) mass is 738 g/mol. The minimum absolute atomic E-state index is 0.133. The molecule has 0 unspecified atom stereocenters. The Labute approximate surface area is 218 Å². The lowest BCUT2D eigenvalue weighted by Crippen LogP contribution is -2.38. The Bertz CT molecular complexity index is 1090. The highest BCUT2D eigenvalue weighted by atomic mass is 79.9. The predicted molar refractivity (Wildman–Crippen MR) is 130 cm³/mol. The second-order valence-corrected chi connectivity index (χ2v) is 19.1. The molecule has 14 heteroatoms. The van der Waals surface area contributed by atoms with Gasteiger partial charge in [0.25, 0.3) is 5.13 Å². The average Bonchev–Trinajstić information content (AvgIpc) is 2.77. The second kappa shape index (κ2) is 10.6. The van der Waals surface area contributed by atoms with Crippen LogP contribution >= 0.6 is 63.7 Å². The van der Waals surface area contributed by atoms with Gasteiger partial charge in [-0.15, -0.1) is 0 Å². The number of hydrogen-bond donors (Lipinski definition) is 0. The number of sulfone groups is 2. The molecule has 0 atom stereocenters. The van der Waals surface area contributed by atoms with Crippen LogP contribution in [-0.2, 0) is 38.7 Å². The van der Waals surface area contributed by atoms with E-state index in [-0.39, 0.29) is 9.79 Å². The van der Waals surface area contributed by atoms with Crippen molar-refractivity contribution in [3.05, 3.63) is 60.7 Å². The summed E-state index contributed by atoms with van der Waals surface area (Å²) in [5.41, 5.74) is 0. The molecule has 2 aromatic carbocycles. The third-order valence-electron chi connectivity index (χ3n) is 3.81. The van der Waals surface area contributed by atoms with Crippen molar-refractivity contribution < 1.29 is 35.9 Å². The maximum atomic E-state index is 12.7. The van der Waals surface area contributed by atoms with Crippen LogP contribution in [0.25, 0.3) is 0 Å². The molecule has 2 aromatic rings. The summed E-state index contributed by atoms with van der Waals surface area (Å²) in [5.74, 6) is -2.42. The van der Waals surface area contributed by atoms with Crippen molar-refractivity contribution >= 4 is 95.3 Å². The molecule has 0 radical (unpaired) electrons. The molecule has 0 N–H and O–H groups in total. The molecule has 0 aromatic heterocycles. The molecule has 0 aliphatic rings. The Kier molecular flexibility index (Phi) is 9.12. The molecule has 0 saturated carbocycles. The van der Waals surface area contributed by atoms with Crippen LogP contribution in [0.3, 0.4) is 0 Å². The van der Waals surface area contributed by atoms with Gasteiger partial charge in [0.1, 0.15) is 13.2 Å². The van der Waals surface area contributed by atoms with E-state index in [4.69, 9.17) is 9.47 Å². The second-order valence-electron chi connectivity index (χ2n) is 5.94. The number of halogens is 4. The summed E-state index contributed by atoms with van der Waals surface area (Å²) < 4.78 is 55.8. The number of hydrogen-bond acceptors (Lipinski definition) is 8. The van der Waals surface area contributed by atoms with Crippen molar-refractivity contribution in [3.8, 4) is 0 Å². The fourth-order valence-electron chi connectivity index (χ4n) is 2.15. The van der Waals surface area contributed by atoms with Crippen LogP contribution in [0.2, 0.25) is 0 Å². The highest BCUT2D eigenvalue weighted by Crippen LogP contribution is 2.40. The highest BCUT2D eigenvalue weighted by molar-refractivity contribution is 9.28. The van der Waals surface area contributed by atoms with E-state index in [1.54, 1.807) is 12.1 Å². The van der Waals surface area contributed by atoms with Crippen LogP contribution in [0.5, 0.6) is 0 Å². The van der Waals surface area contributed by atoms with Gasteiger partial charge in [-0.1, -0.05) is 36.4 Å². The minimum atomic E-state index is -4.21. The Morgan fingerprint density at radius 1 is 0.625 bits per heavy atom. The number of ether oxygens (including phenoxy) is 2. The first-order valence-corrected chi connectivity index (χ1v) is 14.6. The van der Waals surface area contributed by atoms with E-state index < -0.39 is 50.0 Å². The van der Waals surface area contributed by atoms with E-state index in [9.17, 15) is 26.4 Å². The third-order valence-corrected chi connectivity index (χ3v) is 13.7. The normalized spacial score (nSPS) is 12.8. The number of alkyl halides is 4. The summed E-state index contributed by atoms with van der Waals surface area (Å²) in [7, 11) is -8.42.